The van der Waals surface area contributed by atoms with Crippen LogP contribution in [0.3, 0.4) is 0 Å². The minimum absolute atomic E-state index is 0.0410. The number of nitro benzene ring substituents is 1. The van der Waals surface area contributed by atoms with E-state index in [0.29, 0.717) is 5.56 Å². The van der Waals surface area contributed by atoms with Gasteiger partial charge in [0.05, 0.1) is 25.4 Å². The monoisotopic (exact) mass is 307 g/mol. The van der Waals surface area contributed by atoms with E-state index in [1.807, 2.05) is 0 Å². The first-order valence-corrected chi connectivity index (χ1v) is 5.91. The molecular formula is C11H13N7O4. The molecule has 2 rings (SSSR count). The Kier molecular flexibility index (Phi) is 4.36. The third-order valence-corrected chi connectivity index (χ3v) is 2.63. The van der Waals surface area contributed by atoms with Crippen LogP contribution in [-0.4, -0.2) is 40.2 Å². The molecule has 1 aromatic carbocycles. The maximum Gasteiger partial charge on any atom is 0.315 e. The van der Waals surface area contributed by atoms with Crippen molar-refractivity contribution >= 4 is 17.9 Å². The Morgan fingerprint density at radius 3 is 2.77 bits per heavy atom. The van der Waals surface area contributed by atoms with Crippen molar-refractivity contribution < 1.29 is 14.4 Å². The maximum absolute atomic E-state index is 11.1. The lowest BCUT2D eigenvalue weighted by atomic mass is 10.2. The van der Waals surface area contributed by atoms with E-state index in [1.165, 1.54) is 32.8 Å². The van der Waals surface area contributed by atoms with Crippen LogP contribution in [0.2, 0.25) is 0 Å². The van der Waals surface area contributed by atoms with E-state index in [1.54, 1.807) is 6.07 Å². The molecule has 1 aromatic heterocycles. The first kappa shape index (κ1) is 15.0. The summed E-state index contributed by atoms with van der Waals surface area (Å²) >= 11 is 0. The van der Waals surface area contributed by atoms with E-state index in [9.17, 15) is 10.1 Å². The molecule has 0 aliphatic heterocycles. The fourth-order valence-corrected chi connectivity index (χ4v) is 1.66. The standard InChI is InChI=1S/C11H13N7O4/c1-21-9-4-7(3-8(18(19)20)10(9)22-2)5-13-15-11-16-14-6-17(11)12/h3-6H,12H2,1-2H3,(H,15,16)/b13-5-. The minimum Gasteiger partial charge on any atom is -0.493 e. The zero-order chi connectivity index (χ0) is 16.1. The third-order valence-electron chi connectivity index (χ3n) is 2.63. The van der Waals surface area contributed by atoms with Crippen LogP contribution in [0.5, 0.6) is 11.5 Å². The molecule has 11 nitrogen and oxygen atoms in total. The summed E-state index contributed by atoms with van der Waals surface area (Å²) in [5, 5.41) is 22.2. The Balaban J connectivity index is 2.29. The van der Waals surface area contributed by atoms with Crippen molar-refractivity contribution in [2.75, 3.05) is 25.5 Å². The third kappa shape index (κ3) is 3.03. The van der Waals surface area contributed by atoms with Gasteiger partial charge in [0, 0.05) is 11.6 Å². The highest BCUT2D eigenvalue weighted by atomic mass is 16.6. The molecule has 11 heteroatoms. The lowest BCUT2D eigenvalue weighted by Crippen LogP contribution is -2.10. The highest BCUT2D eigenvalue weighted by Gasteiger charge is 2.21. The highest BCUT2D eigenvalue weighted by Crippen LogP contribution is 2.37. The average Bonchev–Trinajstić information content (AvgIpc) is 2.91. The van der Waals surface area contributed by atoms with Crippen LogP contribution in [0.1, 0.15) is 5.56 Å². The Morgan fingerprint density at radius 1 is 1.45 bits per heavy atom. The molecule has 2 aromatic rings. The van der Waals surface area contributed by atoms with Crippen LogP contribution in [0.25, 0.3) is 0 Å². The first-order valence-electron chi connectivity index (χ1n) is 5.91. The topological polar surface area (TPSA) is 143 Å². The van der Waals surface area contributed by atoms with Gasteiger partial charge in [0.25, 0.3) is 5.95 Å². The summed E-state index contributed by atoms with van der Waals surface area (Å²) in [4.78, 5) is 10.5. The van der Waals surface area contributed by atoms with Gasteiger partial charge in [-0.2, -0.15) is 5.10 Å². The molecular weight excluding hydrogens is 294 g/mol. The van der Waals surface area contributed by atoms with Crippen molar-refractivity contribution in [3.05, 3.63) is 34.1 Å². The molecule has 0 aliphatic carbocycles. The van der Waals surface area contributed by atoms with Gasteiger partial charge in [-0.05, 0) is 6.07 Å². The quantitative estimate of drug-likeness (QED) is 0.337. The van der Waals surface area contributed by atoms with Crippen LogP contribution >= 0.6 is 0 Å². The number of hydrogen-bond acceptors (Lipinski definition) is 9. The average molecular weight is 307 g/mol. The number of nitrogen functional groups attached to an aromatic ring is 1. The summed E-state index contributed by atoms with van der Waals surface area (Å²) < 4.78 is 11.2. The van der Waals surface area contributed by atoms with Gasteiger partial charge in [-0.25, -0.2) is 10.1 Å². The van der Waals surface area contributed by atoms with E-state index in [4.69, 9.17) is 15.3 Å². The fourth-order valence-electron chi connectivity index (χ4n) is 1.66. The number of nitrogens with zero attached hydrogens (tertiary/aromatic N) is 5. The summed E-state index contributed by atoms with van der Waals surface area (Å²) in [5.41, 5.74) is 2.75. The van der Waals surface area contributed by atoms with Crippen molar-refractivity contribution in [3.63, 3.8) is 0 Å². The van der Waals surface area contributed by atoms with Crippen molar-refractivity contribution in [2.45, 2.75) is 0 Å². The normalized spacial score (nSPS) is 10.6. The summed E-state index contributed by atoms with van der Waals surface area (Å²) in [5.74, 6) is 5.97. The van der Waals surface area contributed by atoms with Crippen LogP contribution in [0.15, 0.2) is 23.6 Å². The smallest absolute Gasteiger partial charge is 0.315 e. The number of nitrogens with two attached hydrogens (primary N) is 1. The van der Waals surface area contributed by atoms with Gasteiger partial charge in [0.1, 0.15) is 6.33 Å². The molecule has 0 fully saturated rings. The molecule has 0 aliphatic rings. The zero-order valence-corrected chi connectivity index (χ0v) is 11.8. The summed E-state index contributed by atoms with van der Waals surface area (Å²) in [6.07, 6.45) is 2.64. The molecule has 0 amide bonds. The summed E-state index contributed by atoms with van der Waals surface area (Å²) in [7, 11) is 2.71. The molecule has 0 spiro atoms. The first-order chi connectivity index (χ1) is 10.6. The van der Waals surface area contributed by atoms with Gasteiger partial charge < -0.3 is 15.3 Å². The molecule has 22 heavy (non-hydrogen) atoms. The maximum atomic E-state index is 11.1. The van der Waals surface area contributed by atoms with Gasteiger partial charge in [-0.1, -0.05) is 0 Å². The number of hydrogen-bond donors (Lipinski definition) is 2. The minimum atomic E-state index is -0.567. The molecule has 0 saturated carbocycles. The molecule has 0 saturated heterocycles. The number of rotatable bonds is 6. The summed E-state index contributed by atoms with van der Waals surface area (Å²) in [6, 6.07) is 2.85. The van der Waals surface area contributed by atoms with Gasteiger partial charge in [-0.15, -0.1) is 10.2 Å². The van der Waals surface area contributed by atoms with E-state index < -0.39 is 4.92 Å². The van der Waals surface area contributed by atoms with Gasteiger partial charge in [-0.3, -0.25) is 10.1 Å². The number of aromatic nitrogens is 3. The molecule has 1 heterocycles. The molecule has 3 N–H and O–H groups in total. The van der Waals surface area contributed by atoms with Crippen molar-refractivity contribution in [2.24, 2.45) is 5.10 Å². The van der Waals surface area contributed by atoms with E-state index >= 15 is 0 Å². The van der Waals surface area contributed by atoms with Crippen LogP contribution in [0, 0.1) is 10.1 Å². The van der Waals surface area contributed by atoms with Crippen molar-refractivity contribution in [3.8, 4) is 11.5 Å². The largest absolute Gasteiger partial charge is 0.493 e. The Bertz CT molecular complexity index is 712. The number of benzene rings is 1. The Morgan fingerprint density at radius 2 is 2.23 bits per heavy atom. The molecule has 0 radical (unpaired) electrons. The number of nitro groups is 1. The lowest BCUT2D eigenvalue weighted by Gasteiger charge is -2.08. The second-order valence-electron chi connectivity index (χ2n) is 3.96. The second-order valence-corrected chi connectivity index (χ2v) is 3.96. The Labute approximate surface area is 124 Å². The molecule has 0 atom stereocenters. The van der Waals surface area contributed by atoms with Crippen molar-refractivity contribution in [1.82, 2.24) is 14.9 Å². The van der Waals surface area contributed by atoms with E-state index in [-0.39, 0.29) is 23.1 Å². The van der Waals surface area contributed by atoms with Gasteiger partial charge in [0.2, 0.25) is 5.75 Å². The van der Waals surface area contributed by atoms with Crippen molar-refractivity contribution in [1.29, 1.82) is 0 Å². The number of hydrazone groups is 1. The SMILES string of the molecule is COc1cc(/C=N\Nc2nncn2N)cc([N+](=O)[O-])c1OC. The number of nitrogens with one attached hydrogen (secondary N) is 1. The second kappa shape index (κ2) is 6.39. The van der Waals surface area contributed by atoms with Crippen LogP contribution in [0.4, 0.5) is 11.6 Å². The highest BCUT2D eigenvalue weighted by molar-refractivity contribution is 5.83. The van der Waals surface area contributed by atoms with Gasteiger partial charge >= 0.3 is 5.69 Å². The Hall–Kier alpha value is -3.37. The molecule has 0 unspecified atom stereocenters. The van der Waals surface area contributed by atoms with Crippen LogP contribution < -0.4 is 20.7 Å². The molecule has 0 bridgehead atoms. The lowest BCUT2D eigenvalue weighted by molar-refractivity contribution is -0.385. The predicted molar refractivity (Wildman–Crippen MR) is 77.6 cm³/mol. The van der Waals surface area contributed by atoms with E-state index in [0.717, 1.165) is 4.68 Å². The van der Waals surface area contributed by atoms with Gasteiger partial charge in [0.15, 0.2) is 5.75 Å². The molecule has 116 valence electrons. The van der Waals surface area contributed by atoms with E-state index in [2.05, 4.69) is 20.7 Å². The fraction of sp³-hybridized carbons (Fsp3) is 0.182. The number of ether oxygens (including phenoxy) is 2. The van der Waals surface area contributed by atoms with Crippen LogP contribution in [-0.2, 0) is 0 Å². The predicted octanol–water partition coefficient (Wildman–Crippen LogP) is 0.363. The summed E-state index contributed by atoms with van der Waals surface area (Å²) in [6.45, 7) is 0. The zero-order valence-electron chi connectivity index (χ0n) is 11.8. The number of anilines is 1. The number of methoxy groups -OCH3 is 2.